The molecule has 0 unspecified atom stereocenters. The molecule has 0 radical (unpaired) electrons. The maximum absolute atomic E-state index is 10.3. The van der Waals surface area contributed by atoms with Crippen LogP contribution >= 0.6 is 11.8 Å². The first kappa shape index (κ1) is 7.78. The first-order valence-corrected chi connectivity index (χ1v) is 3.66. The first-order valence-electron chi connectivity index (χ1n) is 2.27. The number of hydrogen-bond acceptors (Lipinski definition) is 3. The molecule has 8 heavy (non-hydrogen) atoms. The molecule has 0 fully saturated rings. The SMILES string of the molecule is CSCNC(=O)CN. The third kappa shape index (κ3) is 3.95. The van der Waals surface area contributed by atoms with Gasteiger partial charge in [0.1, 0.15) is 0 Å². The third-order valence-electron chi connectivity index (χ3n) is 0.599. The zero-order valence-electron chi connectivity index (χ0n) is 4.81. The van der Waals surface area contributed by atoms with E-state index in [9.17, 15) is 4.79 Å². The van der Waals surface area contributed by atoms with Gasteiger partial charge in [0.2, 0.25) is 5.91 Å². The molecular formula is C4H10N2OS. The number of thioether (sulfide) groups is 1. The highest BCUT2D eigenvalue weighted by Gasteiger charge is 1.91. The van der Waals surface area contributed by atoms with Gasteiger partial charge in [-0.3, -0.25) is 4.79 Å². The average molecular weight is 134 g/mol. The molecule has 0 spiro atoms. The Balaban J connectivity index is 2.99. The minimum Gasteiger partial charge on any atom is -0.346 e. The van der Waals surface area contributed by atoms with Crippen molar-refractivity contribution in [3.8, 4) is 0 Å². The van der Waals surface area contributed by atoms with Gasteiger partial charge < -0.3 is 11.1 Å². The summed E-state index contributed by atoms with van der Waals surface area (Å²) < 4.78 is 0. The fourth-order valence-corrected chi connectivity index (χ4v) is 0.530. The molecule has 0 aromatic rings. The van der Waals surface area contributed by atoms with Crippen LogP contribution in [0.3, 0.4) is 0 Å². The van der Waals surface area contributed by atoms with Crippen molar-refractivity contribution in [2.75, 3.05) is 18.7 Å². The number of hydrogen-bond donors (Lipinski definition) is 2. The Morgan fingerprint density at radius 2 is 2.50 bits per heavy atom. The van der Waals surface area contributed by atoms with Gasteiger partial charge in [-0.15, -0.1) is 11.8 Å². The van der Waals surface area contributed by atoms with Gasteiger partial charge in [-0.25, -0.2) is 0 Å². The Labute approximate surface area is 53.0 Å². The monoisotopic (exact) mass is 134 g/mol. The molecule has 48 valence electrons. The quantitative estimate of drug-likeness (QED) is 0.506. The molecule has 0 heterocycles. The second-order valence-corrected chi connectivity index (χ2v) is 2.10. The second-order valence-electron chi connectivity index (χ2n) is 1.24. The molecule has 0 aliphatic carbocycles. The maximum Gasteiger partial charge on any atom is 0.234 e. The van der Waals surface area contributed by atoms with Crippen molar-refractivity contribution in [2.45, 2.75) is 0 Å². The highest BCUT2D eigenvalue weighted by atomic mass is 32.2. The molecule has 0 atom stereocenters. The summed E-state index contributed by atoms with van der Waals surface area (Å²) in [4.78, 5) is 10.3. The van der Waals surface area contributed by atoms with Gasteiger partial charge in [0.25, 0.3) is 0 Å². The number of rotatable bonds is 3. The van der Waals surface area contributed by atoms with E-state index in [2.05, 4.69) is 5.32 Å². The Hall–Kier alpha value is -0.220. The molecule has 3 nitrogen and oxygen atoms in total. The van der Waals surface area contributed by atoms with Crippen LogP contribution in [0.2, 0.25) is 0 Å². The lowest BCUT2D eigenvalue weighted by Crippen LogP contribution is -2.29. The molecular weight excluding hydrogens is 124 g/mol. The van der Waals surface area contributed by atoms with E-state index in [1.807, 2.05) is 6.26 Å². The number of carbonyl (C=O) groups excluding carboxylic acids is 1. The molecule has 0 aromatic carbocycles. The van der Waals surface area contributed by atoms with Gasteiger partial charge in [-0.05, 0) is 6.26 Å². The third-order valence-corrected chi connectivity index (χ3v) is 1.03. The highest BCUT2D eigenvalue weighted by Crippen LogP contribution is 1.83. The maximum atomic E-state index is 10.3. The fourth-order valence-electron chi connectivity index (χ4n) is 0.225. The Morgan fingerprint density at radius 3 is 2.88 bits per heavy atom. The summed E-state index contributed by atoms with van der Waals surface area (Å²) in [7, 11) is 0. The van der Waals surface area contributed by atoms with Crippen LogP contribution in [0.1, 0.15) is 0 Å². The van der Waals surface area contributed by atoms with Crippen LogP contribution in [0.25, 0.3) is 0 Å². The number of amides is 1. The largest absolute Gasteiger partial charge is 0.346 e. The minimum atomic E-state index is -0.0978. The van der Waals surface area contributed by atoms with Crippen molar-refractivity contribution in [2.24, 2.45) is 5.73 Å². The number of nitrogens with two attached hydrogens (primary N) is 1. The van der Waals surface area contributed by atoms with Gasteiger partial charge in [0.15, 0.2) is 0 Å². The second kappa shape index (κ2) is 4.93. The minimum absolute atomic E-state index is 0.0839. The predicted molar refractivity (Wildman–Crippen MR) is 35.6 cm³/mol. The summed E-state index contributed by atoms with van der Waals surface area (Å²) in [5.74, 6) is 0.551. The van der Waals surface area contributed by atoms with Crippen LogP contribution in [0.15, 0.2) is 0 Å². The molecule has 0 aromatic heterocycles. The zero-order chi connectivity index (χ0) is 6.41. The van der Waals surface area contributed by atoms with E-state index in [0.717, 1.165) is 0 Å². The van der Waals surface area contributed by atoms with Crippen LogP contribution in [-0.2, 0) is 4.79 Å². The summed E-state index contributed by atoms with van der Waals surface area (Å²) >= 11 is 1.56. The predicted octanol–water partition coefficient (Wildman–Crippen LogP) is -0.618. The molecule has 0 bridgehead atoms. The van der Waals surface area contributed by atoms with E-state index in [0.29, 0.717) is 5.88 Å². The summed E-state index contributed by atoms with van der Waals surface area (Å²) in [5.41, 5.74) is 4.99. The van der Waals surface area contributed by atoms with Crippen molar-refractivity contribution >= 4 is 17.7 Å². The van der Waals surface area contributed by atoms with E-state index >= 15 is 0 Å². The smallest absolute Gasteiger partial charge is 0.234 e. The summed E-state index contributed by atoms with van der Waals surface area (Å²) in [6, 6.07) is 0. The van der Waals surface area contributed by atoms with Gasteiger partial charge in [-0.1, -0.05) is 0 Å². The van der Waals surface area contributed by atoms with Crippen molar-refractivity contribution in [3.05, 3.63) is 0 Å². The number of nitrogens with one attached hydrogen (secondary N) is 1. The molecule has 0 saturated carbocycles. The molecule has 0 saturated heterocycles. The van der Waals surface area contributed by atoms with Gasteiger partial charge in [-0.2, -0.15) is 0 Å². The van der Waals surface area contributed by atoms with E-state index in [1.54, 1.807) is 11.8 Å². The summed E-state index contributed by atoms with van der Waals surface area (Å²) in [6.07, 6.45) is 1.91. The lowest BCUT2D eigenvalue weighted by Gasteiger charge is -1.96. The highest BCUT2D eigenvalue weighted by molar-refractivity contribution is 7.98. The van der Waals surface area contributed by atoms with Crippen LogP contribution in [0, 0.1) is 0 Å². The number of carbonyl (C=O) groups is 1. The standard InChI is InChI=1S/C4H10N2OS/c1-8-3-6-4(7)2-5/h2-3,5H2,1H3,(H,6,7). The molecule has 1 amide bonds. The zero-order valence-corrected chi connectivity index (χ0v) is 5.62. The average Bonchev–Trinajstić information content (AvgIpc) is 1.83. The summed E-state index contributed by atoms with van der Waals surface area (Å²) in [6.45, 7) is 0.0839. The normalized spacial score (nSPS) is 8.75. The van der Waals surface area contributed by atoms with E-state index < -0.39 is 0 Å². The van der Waals surface area contributed by atoms with Crippen molar-refractivity contribution < 1.29 is 4.79 Å². The van der Waals surface area contributed by atoms with Crippen LogP contribution in [0.4, 0.5) is 0 Å². The van der Waals surface area contributed by atoms with Crippen LogP contribution in [-0.4, -0.2) is 24.6 Å². The van der Waals surface area contributed by atoms with Crippen molar-refractivity contribution in [1.29, 1.82) is 0 Å². The molecule has 0 rings (SSSR count). The molecule has 4 heteroatoms. The molecule has 0 aliphatic heterocycles. The van der Waals surface area contributed by atoms with E-state index in [-0.39, 0.29) is 12.5 Å². The van der Waals surface area contributed by atoms with Gasteiger partial charge in [0.05, 0.1) is 12.4 Å². The fraction of sp³-hybridized carbons (Fsp3) is 0.750. The molecule has 0 aliphatic rings. The van der Waals surface area contributed by atoms with Crippen LogP contribution < -0.4 is 11.1 Å². The first-order chi connectivity index (χ1) is 3.81. The summed E-state index contributed by atoms with van der Waals surface area (Å²) in [5, 5.41) is 2.58. The van der Waals surface area contributed by atoms with Gasteiger partial charge >= 0.3 is 0 Å². The van der Waals surface area contributed by atoms with Gasteiger partial charge in [0, 0.05) is 0 Å². The lowest BCUT2D eigenvalue weighted by atomic mass is 10.6. The molecule has 3 N–H and O–H groups in total. The van der Waals surface area contributed by atoms with E-state index in [1.165, 1.54) is 0 Å². The Morgan fingerprint density at radius 1 is 1.88 bits per heavy atom. The lowest BCUT2D eigenvalue weighted by molar-refractivity contribution is -0.119. The van der Waals surface area contributed by atoms with E-state index in [4.69, 9.17) is 5.73 Å². The topological polar surface area (TPSA) is 55.1 Å². The van der Waals surface area contributed by atoms with Crippen molar-refractivity contribution in [3.63, 3.8) is 0 Å². The van der Waals surface area contributed by atoms with Crippen molar-refractivity contribution in [1.82, 2.24) is 5.32 Å². The Bertz CT molecular complexity index is 76.4. The van der Waals surface area contributed by atoms with Crippen LogP contribution in [0.5, 0.6) is 0 Å². The Kier molecular flexibility index (Phi) is 4.79.